The van der Waals surface area contributed by atoms with Gasteiger partial charge < -0.3 is 5.11 Å². The van der Waals surface area contributed by atoms with Gasteiger partial charge in [0.15, 0.2) is 5.82 Å². The van der Waals surface area contributed by atoms with Gasteiger partial charge in [-0.25, -0.2) is 17.5 Å². The van der Waals surface area contributed by atoms with Gasteiger partial charge in [-0.3, -0.25) is 0 Å². The van der Waals surface area contributed by atoms with Crippen molar-refractivity contribution in [2.75, 3.05) is 13.2 Å². The number of aliphatic hydroxyl groups is 1. The van der Waals surface area contributed by atoms with Crippen molar-refractivity contribution in [1.82, 2.24) is 4.72 Å². The first-order valence-corrected chi connectivity index (χ1v) is 8.36. The fraction of sp³-hybridized carbons (Fsp3) is 0.538. The van der Waals surface area contributed by atoms with E-state index in [1.807, 2.05) is 0 Å². The predicted molar refractivity (Wildman–Crippen MR) is 74.5 cm³/mol. The Labute approximate surface area is 123 Å². The van der Waals surface area contributed by atoms with Crippen LogP contribution in [0.15, 0.2) is 23.1 Å². The molecule has 1 fully saturated rings. The smallest absolute Gasteiger partial charge is 0.243 e. The first kappa shape index (κ1) is 15.7. The number of benzene rings is 1. The van der Waals surface area contributed by atoms with Crippen LogP contribution >= 0.6 is 11.6 Å². The molecule has 2 atom stereocenters. The summed E-state index contributed by atoms with van der Waals surface area (Å²) in [6, 6.07) is 3.88. The molecule has 0 aliphatic heterocycles. The maximum Gasteiger partial charge on any atom is 0.243 e. The number of hydrogen-bond donors (Lipinski definition) is 2. The molecule has 1 aliphatic carbocycles. The van der Waals surface area contributed by atoms with Gasteiger partial charge >= 0.3 is 0 Å². The lowest BCUT2D eigenvalue weighted by Gasteiger charge is -2.18. The van der Waals surface area contributed by atoms with Crippen molar-refractivity contribution in [3.63, 3.8) is 0 Å². The second kappa shape index (κ2) is 6.39. The topological polar surface area (TPSA) is 66.4 Å². The lowest BCUT2D eigenvalue weighted by Crippen LogP contribution is -2.32. The zero-order valence-electron chi connectivity index (χ0n) is 10.9. The zero-order chi connectivity index (χ0) is 14.8. The molecular weight excluding hydrogens is 305 g/mol. The van der Waals surface area contributed by atoms with Crippen LogP contribution in [0.5, 0.6) is 0 Å². The van der Waals surface area contributed by atoms with Crippen LogP contribution in [0.4, 0.5) is 4.39 Å². The number of rotatable bonds is 5. The van der Waals surface area contributed by atoms with Gasteiger partial charge in [-0.15, -0.1) is 0 Å². The Hall–Kier alpha value is -0.690. The van der Waals surface area contributed by atoms with Crippen molar-refractivity contribution in [1.29, 1.82) is 0 Å². The van der Waals surface area contributed by atoms with Gasteiger partial charge in [0.05, 0.1) is 5.02 Å². The van der Waals surface area contributed by atoms with Gasteiger partial charge in [0, 0.05) is 13.2 Å². The quantitative estimate of drug-likeness (QED) is 0.873. The lowest BCUT2D eigenvalue weighted by atomic mass is 9.97. The molecule has 0 bridgehead atoms. The molecule has 0 saturated heterocycles. The number of sulfonamides is 1. The van der Waals surface area contributed by atoms with E-state index in [2.05, 4.69) is 4.72 Å². The number of aliphatic hydroxyl groups excluding tert-OH is 1. The molecule has 0 radical (unpaired) electrons. The highest BCUT2D eigenvalue weighted by molar-refractivity contribution is 7.89. The minimum Gasteiger partial charge on any atom is -0.396 e. The van der Waals surface area contributed by atoms with Crippen LogP contribution in [0.2, 0.25) is 5.02 Å². The molecule has 0 amide bonds. The lowest BCUT2D eigenvalue weighted by molar-refractivity contribution is 0.195. The summed E-state index contributed by atoms with van der Waals surface area (Å²) in [5.74, 6) is -0.731. The summed E-state index contributed by atoms with van der Waals surface area (Å²) >= 11 is 5.59. The number of nitrogens with one attached hydrogen (secondary N) is 1. The summed E-state index contributed by atoms with van der Waals surface area (Å²) in [6.07, 6.45) is 2.74. The predicted octanol–water partition coefficient (Wildman–Crippen LogP) is 2.17. The van der Waals surface area contributed by atoms with Crippen LogP contribution in [-0.2, 0) is 10.0 Å². The van der Waals surface area contributed by atoms with E-state index in [0.717, 1.165) is 19.3 Å². The van der Waals surface area contributed by atoms with Gasteiger partial charge in [0.1, 0.15) is 4.90 Å². The van der Waals surface area contributed by atoms with E-state index in [-0.39, 0.29) is 30.0 Å². The van der Waals surface area contributed by atoms with Crippen molar-refractivity contribution in [2.45, 2.75) is 24.2 Å². The van der Waals surface area contributed by atoms with Gasteiger partial charge in [0.25, 0.3) is 0 Å². The molecule has 4 nitrogen and oxygen atoms in total. The summed E-state index contributed by atoms with van der Waals surface area (Å²) in [5.41, 5.74) is 0. The van der Waals surface area contributed by atoms with Gasteiger partial charge in [-0.2, -0.15) is 0 Å². The third kappa shape index (κ3) is 3.31. The van der Waals surface area contributed by atoms with Crippen LogP contribution in [0.3, 0.4) is 0 Å². The molecule has 1 aliphatic rings. The fourth-order valence-electron chi connectivity index (χ4n) is 2.61. The van der Waals surface area contributed by atoms with Crippen LogP contribution < -0.4 is 4.72 Å². The van der Waals surface area contributed by atoms with Crippen molar-refractivity contribution >= 4 is 21.6 Å². The summed E-state index contributed by atoms with van der Waals surface area (Å²) < 4.78 is 40.3. The van der Waals surface area contributed by atoms with E-state index in [1.54, 1.807) is 0 Å². The third-order valence-corrected chi connectivity index (χ3v) is 5.53. The number of hydrogen-bond acceptors (Lipinski definition) is 3. The van der Waals surface area contributed by atoms with Crippen LogP contribution in [0.1, 0.15) is 19.3 Å². The molecule has 1 saturated carbocycles. The average molecular weight is 322 g/mol. The summed E-state index contributed by atoms with van der Waals surface area (Å²) in [4.78, 5) is -0.441. The van der Waals surface area contributed by atoms with Gasteiger partial charge in [-0.1, -0.05) is 24.1 Å². The van der Waals surface area contributed by atoms with Crippen LogP contribution in [-0.4, -0.2) is 26.7 Å². The Morgan fingerprint density at radius 2 is 2.05 bits per heavy atom. The number of halogens is 2. The monoisotopic (exact) mass is 321 g/mol. The van der Waals surface area contributed by atoms with Crippen LogP contribution in [0.25, 0.3) is 0 Å². The molecule has 20 heavy (non-hydrogen) atoms. The SMILES string of the molecule is O=S(=O)(NCC1CCCC1CO)c1cccc(Cl)c1F. The molecule has 2 N–H and O–H groups in total. The Morgan fingerprint density at radius 3 is 2.75 bits per heavy atom. The van der Waals surface area contributed by atoms with E-state index < -0.39 is 20.7 Å². The molecule has 2 rings (SSSR count). The Kier molecular flexibility index (Phi) is 5.01. The normalized spacial score (nSPS) is 23.1. The Morgan fingerprint density at radius 1 is 1.35 bits per heavy atom. The summed E-state index contributed by atoms with van der Waals surface area (Å²) in [6.45, 7) is 0.261. The molecule has 112 valence electrons. The van der Waals surface area contributed by atoms with E-state index >= 15 is 0 Å². The Balaban J connectivity index is 2.10. The largest absolute Gasteiger partial charge is 0.396 e. The van der Waals surface area contributed by atoms with Crippen molar-refractivity contribution < 1.29 is 17.9 Å². The van der Waals surface area contributed by atoms with Crippen molar-refractivity contribution in [3.8, 4) is 0 Å². The highest BCUT2D eigenvalue weighted by Crippen LogP contribution is 2.31. The van der Waals surface area contributed by atoms with Gasteiger partial charge in [-0.05, 0) is 36.8 Å². The molecule has 0 spiro atoms. The van der Waals surface area contributed by atoms with E-state index in [0.29, 0.717) is 0 Å². The third-order valence-electron chi connectivity index (χ3n) is 3.79. The molecule has 2 unspecified atom stereocenters. The standard InChI is InChI=1S/C13H17ClFNO3S/c14-11-5-2-6-12(13(11)15)20(18,19)16-7-9-3-1-4-10(9)8-17/h2,5-6,9-10,16-17H,1,3-4,7-8H2. The Bertz CT molecular complexity index is 579. The average Bonchev–Trinajstić information content (AvgIpc) is 2.87. The summed E-state index contributed by atoms with van der Waals surface area (Å²) in [5, 5.41) is 8.99. The zero-order valence-corrected chi connectivity index (χ0v) is 12.4. The molecule has 1 aromatic carbocycles. The minimum atomic E-state index is -3.92. The highest BCUT2D eigenvalue weighted by Gasteiger charge is 2.29. The van der Waals surface area contributed by atoms with Crippen molar-refractivity contribution in [3.05, 3.63) is 29.0 Å². The molecular formula is C13H17ClFNO3S. The molecule has 0 aromatic heterocycles. The maximum atomic E-state index is 13.7. The first-order valence-electron chi connectivity index (χ1n) is 6.50. The maximum absolute atomic E-state index is 13.7. The fourth-order valence-corrected chi connectivity index (χ4v) is 4.03. The molecule has 7 heteroatoms. The molecule has 1 aromatic rings. The van der Waals surface area contributed by atoms with E-state index in [9.17, 15) is 17.9 Å². The minimum absolute atomic E-state index is 0.0535. The summed E-state index contributed by atoms with van der Waals surface area (Å²) in [7, 11) is -3.92. The van der Waals surface area contributed by atoms with Gasteiger partial charge in [0.2, 0.25) is 10.0 Å². The molecule has 0 heterocycles. The van der Waals surface area contributed by atoms with E-state index in [4.69, 9.17) is 11.6 Å². The van der Waals surface area contributed by atoms with E-state index in [1.165, 1.54) is 18.2 Å². The second-order valence-electron chi connectivity index (χ2n) is 5.04. The van der Waals surface area contributed by atoms with Crippen molar-refractivity contribution in [2.24, 2.45) is 11.8 Å². The first-order chi connectivity index (χ1) is 9.45. The highest BCUT2D eigenvalue weighted by atomic mass is 35.5. The van der Waals surface area contributed by atoms with Crippen LogP contribution in [0, 0.1) is 17.7 Å². The second-order valence-corrected chi connectivity index (χ2v) is 7.18.